The van der Waals surface area contributed by atoms with Crippen molar-refractivity contribution in [3.63, 3.8) is 0 Å². The van der Waals surface area contributed by atoms with Crippen molar-refractivity contribution in [2.24, 2.45) is 0 Å². The first-order chi connectivity index (χ1) is 11.0. The molecule has 118 valence electrons. The summed E-state index contributed by atoms with van der Waals surface area (Å²) in [4.78, 5) is 10.7. The summed E-state index contributed by atoms with van der Waals surface area (Å²) in [7, 11) is -2.50. The van der Waals surface area contributed by atoms with Gasteiger partial charge in [-0.1, -0.05) is 18.2 Å². The third-order valence-corrected chi connectivity index (χ3v) is 5.16. The van der Waals surface area contributed by atoms with Gasteiger partial charge >= 0.3 is 0 Å². The number of benzene rings is 2. The quantitative estimate of drug-likeness (QED) is 0.541. The van der Waals surface area contributed by atoms with Crippen molar-refractivity contribution in [3.05, 3.63) is 64.8 Å². The van der Waals surface area contributed by atoms with Gasteiger partial charge in [-0.05, 0) is 24.3 Å². The van der Waals surface area contributed by atoms with E-state index in [0.717, 1.165) is 3.97 Å². The zero-order chi connectivity index (χ0) is 16.6. The third-order valence-electron chi connectivity index (χ3n) is 3.47. The Morgan fingerprint density at radius 3 is 2.39 bits per heavy atom. The van der Waals surface area contributed by atoms with Gasteiger partial charge in [-0.15, -0.1) is 0 Å². The molecule has 7 nitrogen and oxygen atoms in total. The van der Waals surface area contributed by atoms with Crippen LogP contribution in [0.4, 0.5) is 5.69 Å². The Bertz CT molecular complexity index is 993. The minimum atomic E-state index is -3.88. The summed E-state index contributed by atoms with van der Waals surface area (Å²) in [6, 6.07) is 11.9. The molecule has 0 saturated carbocycles. The van der Waals surface area contributed by atoms with Crippen LogP contribution in [-0.2, 0) is 10.0 Å². The number of methoxy groups -OCH3 is 1. The zero-order valence-electron chi connectivity index (χ0n) is 12.0. The van der Waals surface area contributed by atoms with E-state index < -0.39 is 14.9 Å². The van der Waals surface area contributed by atoms with Crippen LogP contribution in [-0.4, -0.2) is 24.4 Å². The molecule has 0 aliphatic heterocycles. The summed E-state index contributed by atoms with van der Waals surface area (Å²) in [6.07, 6.45) is 1.29. The number of rotatable bonds is 4. The Morgan fingerprint density at radius 1 is 1.09 bits per heavy atom. The van der Waals surface area contributed by atoms with E-state index in [9.17, 15) is 18.5 Å². The minimum Gasteiger partial charge on any atom is -0.495 e. The molecular weight excluding hydrogens is 320 g/mol. The fourth-order valence-corrected chi connectivity index (χ4v) is 3.79. The van der Waals surface area contributed by atoms with Crippen LogP contribution in [0.3, 0.4) is 0 Å². The molecule has 0 aliphatic carbocycles. The maximum absolute atomic E-state index is 12.8. The van der Waals surface area contributed by atoms with Gasteiger partial charge in [-0.2, -0.15) is 0 Å². The predicted molar refractivity (Wildman–Crippen MR) is 84.2 cm³/mol. The maximum atomic E-state index is 12.8. The highest BCUT2D eigenvalue weighted by molar-refractivity contribution is 7.90. The maximum Gasteiger partial charge on any atom is 0.279 e. The first kappa shape index (κ1) is 15.0. The van der Waals surface area contributed by atoms with Gasteiger partial charge in [-0.3, -0.25) is 10.1 Å². The molecule has 1 aromatic heterocycles. The summed E-state index contributed by atoms with van der Waals surface area (Å²) in [5.41, 5.74) is -0.0339. The second kappa shape index (κ2) is 5.40. The molecule has 0 saturated heterocycles. The molecule has 3 rings (SSSR count). The van der Waals surface area contributed by atoms with Crippen molar-refractivity contribution < 1.29 is 18.1 Å². The highest BCUT2D eigenvalue weighted by Gasteiger charge is 2.25. The van der Waals surface area contributed by atoms with Gasteiger partial charge in [0, 0.05) is 12.3 Å². The van der Waals surface area contributed by atoms with E-state index >= 15 is 0 Å². The summed E-state index contributed by atoms with van der Waals surface area (Å²) in [5, 5.41) is 11.4. The standard InChI is InChI=1S/C15H12N2O5S/c1-22-14-8-7-13(17(18)19)12-9-10-16(15(12)14)23(20,21)11-5-3-2-4-6-11/h2-10H,1H3. The molecule has 23 heavy (non-hydrogen) atoms. The van der Waals surface area contributed by atoms with Crippen molar-refractivity contribution in [2.45, 2.75) is 4.90 Å². The van der Waals surface area contributed by atoms with E-state index in [1.165, 1.54) is 43.6 Å². The molecule has 0 bridgehead atoms. The number of aromatic nitrogens is 1. The lowest BCUT2D eigenvalue weighted by Crippen LogP contribution is -2.12. The number of nitrogens with zero attached hydrogens (tertiary/aromatic N) is 2. The first-order valence-corrected chi connectivity index (χ1v) is 8.04. The van der Waals surface area contributed by atoms with Crippen LogP contribution in [0, 0.1) is 10.1 Å². The van der Waals surface area contributed by atoms with Gasteiger partial charge < -0.3 is 4.74 Å². The Labute approximate surface area is 131 Å². The van der Waals surface area contributed by atoms with Gasteiger partial charge in [0.1, 0.15) is 11.3 Å². The normalized spacial score (nSPS) is 11.5. The molecule has 3 aromatic rings. The molecule has 0 fully saturated rings. The molecule has 0 N–H and O–H groups in total. The van der Waals surface area contributed by atoms with Crippen molar-refractivity contribution in [1.29, 1.82) is 0 Å². The number of non-ortho nitro benzene ring substituents is 1. The van der Waals surface area contributed by atoms with Crippen LogP contribution in [0.25, 0.3) is 10.9 Å². The van der Waals surface area contributed by atoms with Crippen LogP contribution in [0.1, 0.15) is 0 Å². The second-order valence-corrected chi connectivity index (χ2v) is 6.55. The number of nitro groups is 1. The minimum absolute atomic E-state index is 0.0889. The molecule has 0 spiro atoms. The van der Waals surface area contributed by atoms with Crippen LogP contribution in [0.5, 0.6) is 5.75 Å². The predicted octanol–water partition coefficient (Wildman–Crippen LogP) is 2.80. The molecule has 0 amide bonds. The van der Waals surface area contributed by atoms with E-state index in [1.54, 1.807) is 18.2 Å². The molecule has 1 heterocycles. The average Bonchev–Trinajstić information content (AvgIpc) is 3.00. The van der Waals surface area contributed by atoms with Crippen molar-refractivity contribution in [2.75, 3.05) is 7.11 Å². The summed E-state index contributed by atoms with van der Waals surface area (Å²) in [5.74, 6) is 0.245. The van der Waals surface area contributed by atoms with Crippen molar-refractivity contribution >= 4 is 26.6 Å². The van der Waals surface area contributed by atoms with Crippen LogP contribution < -0.4 is 4.74 Å². The van der Waals surface area contributed by atoms with Crippen molar-refractivity contribution in [3.8, 4) is 5.75 Å². The molecule has 0 aliphatic rings. The van der Waals surface area contributed by atoms with Gasteiger partial charge in [0.25, 0.3) is 15.7 Å². The van der Waals surface area contributed by atoms with Gasteiger partial charge in [0.15, 0.2) is 0 Å². The Morgan fingerprint density at radius 2 is 1.78 bits per heavy atom. The second-order valence-electron chi connectivity index (χ2n) is 4.74. The lowest BCUT2D eigenvalue weighted by atomic mass is 10.2. The molecule has 0 radical (unpaired) electrons. The number of hydrogen-bond donors (Lipinski definition) is 0. The number of ether oxygens (including phenoxy) is 1. The summed E-state index contributed by atoms with van der Waals surface area (Å²) >= 11 is 0. The van der Waals surface area contributed by atoms with Crippen LogP contribution in [0.2, 0.25) is 0 Å². The zero-order valence-corrected chi connectivity index (χ0v) is 12.9. The molecule has 0 unspecified atom stereocenters. The van der Waals surface area contributed by atoms with E-state index in [1.807, 2.05) is 0 Å². The fraction of sp³-hybridized carbons (Fsp3) is 0.0667. The van der Waals surface area contributed by atoms with Crippen LogP contribution >= 0.6 is 0 Å². The SMILES string of the molecule is COc1ccc([N+](=O)[O-])c2ccn(S(=O)(=O)c3ccccc3)c12. The average molecular weight is 332 g/mol. The van der Waals surface area contributed by atoms with Crippen LogP contribution in [0.15, 0.2) is 59.6 Å². The Kier molecular flexibility index (Phi) is 3.53. The fourth-order valence-electron chi connectivity index (χ4n) is 2.42. The van der Waals surface area contributed by atoms with E-state index in [-0.39, 0.29) is 27.2 Å². The monoisotopic (exact) mass is 332 g/mol. The van der Waals surface area contributed by atoms with Gasteiger partial charge in [0.05, 0.1) is 22.3 Å². The summed E-state index contributed by atoms with van der Waals surface area (Å²) < 4.78 is 31.8. The van der Waals surface area contributed by atoms with E-state index in [0.29, 0.717) is 0 Å². The molecule has 8 heteroatoms. The van der Waals surface area contributed by atoms with Crippen molar-refractivity contribution in [1.82, 2.24) is 3.97 Å². The lowest BCUT2D eigenvalue weighted by Gasteiger charge is -2.10. The smallest absolute Gasteiger partial charge is 0.279 e. The molecule has 2 aromatic carbocycles. The molecule has 0 atom stereocenters. The number of nitro benzene ring substituents is 1. The lowest BCUT2D eigenvalue weighted by molar-refractivity contribution is -0.383. The Balaban J connectivity index is 2.36. The van der Waals surface area contributed by atoms with Gasteiger partial charge in [-0.25, -0.2) is 12.4 Å². The largest absolute Gasteiger partial charge is 0.495 e. The third kappa shape index (κ3) is 2.33. The Hall–Kier alpha value is -2.87. The van der Waals surface area contributed by atoms with Gasteiger partial charge in [0.2, 0.25) is 0 Å². The number of hydrogen-bond acceptors (Lipinski definition) is 5. The topological polar surface area (TPSA) is 91.4 Å². The summed E-state index contributed by atoms with van der Waals surface area (Å²) in [6.45, 7) is 0. The number of fused-ring (bicyclic) bond motifs is 1. The van der Waals surface area contributed by atoms with E-state index in [2.05, 4.69) is 0 Å². The first-order valence-electron chi connectivity index (χ1n) is 6.60. The highest BCUT2D eigenvalue weighted by atomic mass is 32.2. The molecular formula is C15H12N2O5S. The van der Waals surface area contributed by atoms with E-state index in [4.69, 9.17) is 4.74 Å². The highest BCUT2D eigenvalue weighted by Crippen LogP contribution is 2.35.